The van der Waals surface area contributed by atoms with E-state index in [4.69, 9.17) is 11.6 Å². The molecule has 1 aliphatic carbocycles. The smallest absolute Gasteiger partial charge is 0.270 e. The Bertz CT molecular complexity index is 612. The van der Waals surface area contributed by atoms with Crippen molar-refractivity contribution >= 4 is 11.6 Å². The molecule has 88 valence electrons. The van der Waals surface area contributed by atoms with Crippen LogP contribution in [0.4, 0.5) is 0 Å². The molecule has 0 fully saturated rings. The highest BCUT2D eigenvalue weighted by molar-refractivity contribution is 6.31. The van der Waals surface area contributed by atoms with Gasteiger partial charge in [0.25, 0.3) is 5.56 Å². The van der Waals surface area contributed by atoms with Gasteiger partial charge in [-0.2, -0.15) is 0 Å². The van der Waals surface area contributed by atoms with Crippen molar-refractivity contribution in [3.05, 3.63) is 56.5 Å². The maximum atomic E-state index is 12.1. The van der Waals surface area contributed by atoms with Gasteiger partial charge in [-0.1, -0.05) is 29.8 Å². The first-order valence-corrected chi connectivity index (χ1v) is 6.17. The minimum absolute atomic E-state index is 0.109. The average Bonchev–Trinajstić information content (AvgIpc) is 2.87. The van der Waals surface area contributed by atoms with Gasteiger partial charge in [0, 0.05) is 16.3 Å². The Hall–Kier alpha value is -1.48. The van der Waals surface area contributed by atoms with Gasteiger partial charge < -0.3 is 0 Å². The van der Waals surface area contributed by atoms with Gasteiger partial charge in [0.05, 0.1) is 6.54 Å². The summed E-state index contributed by atoms with van der Waals surface area (Å²) in [7, 11) is 0. The fourth-order valence-electron chi connectivity index (χ4n) is 2.39. The summed E-state index contributed by atoms with van der Waals surface area (Å²) >= 11 is 6.09. The number of nitrogens with zero attached hydrogens (tertiary/aromatic N) is 1. The number of halogens is 1. The molecule has 1 aromatic heterocycles. The summed E-state index contributed by atoms with van der Waals surface area (Å²) in [5, 5.41) is 3.89. The first-order chi connectivity index (χ1) is 8.25. The molecule has 0 saturated carbocycles. The number of fused-ring (bicyclic) bond motifs is 1. The molecule has 1 heterocycles. The van der Waals surface area contributed by atoms with Crippen molar-refractivity contribution in [2.24, 2.45) is 0 Å². The van der Waals surface area contributed by atoms with E-state index >= 15 is 0 Å². The highest BCUT2D eigenvalue weighted by atomic mass is 35.5. The van der Waals surface area contributed by atoms with Crippen molar-refractivity contribution < 1.29 is 0 Å². The molecule has 3 rings (SSSR count). The molecule has 0 spiro atoms. The largest absolute Gasteiger partial charge is 0.299 e. The number of hydrogen-bond acceptors (Lipinski definition) is 1. The van der Waals surface area contributed by atoms with Gasteiger partial charge in [0.1, 0.15) is 0 Å². The van der Waals surface area contributed by atoms with E-state index in [1.807, 2.05) is 24.3 Å². The zero-order valence-corrected chi connectivity index (χ0v) is 10.1. The summed E-state index contributed by atoms with van der Waals surface area (Å²) in [5.41, 5.74) is 3.13. The molecule has 0 bridgehead atoms. The maximum absolute atomic E-state index is 12.1. The number of aromatic amines is 1. The minimum Gasteiger partial charge on any atom is -0.299 e. The molecule has 4 heteroatoms. The molecule has 2 aromatic rings. The summed E-state index contributed by atoms with van der Waals surface area (Å²) in [6, 6.07) is 7.62. The van der Waals surface area contributed by atoms with Crippen molar-refractivity contribution in [2.75, 3.05) is 0 Å². The zero-order chi connectivity index (χ0) is 11.8. The average molecular weight is 249 g/mol. The van der Waals surface area contributed by atoms with Crippen LogP contribution in [0.5, 0.6) is 0 Å². The molecule has 0 amide bonds. The molecule has 17 heavy (non-hydrogen) atoms. The standard InChI is InChI=1S/C13H13ClN2O/c14-11-6-2-1-4-9(11)8-16-13(17)10-5-3-7-12(10)15-16/h1-2,4,6,15H,3,5,7-8H2. The number of aryl methyl sites for hydroxylation is 1. The maximum Gasteiger partial charge on any atom is 0.270 e. The molecule has 1 aliphatic rings. The van der Waals surface area contributed by atoms with Gasteiger partial charge >= 0.3 is 0 Å². The number of H-pyrrole nitrogens is 1. The number of hydrogen-bond donors (Lipinski definition) is 1. The van der Waals surface area contributed by atoms with Crippen LogP contribution in [0.3, 0.4) is 0 Å². The van der Waals surface area contributed by atoms with Gasteiger partial charge in [0.2, 0.25) is 0 Å². The normalized spacial score (nSPS) is 13.9. The van der Waals surface area contributed by atoms with Crippen LogP contribution in [0.2, 0.25) is 5.02 Å². The van der Waals surface area contributed by atoms with Crippen LogP contribution in [0.25, 0.3) is 0 Å². The first kappa shape index (κ1) is 10.7. The van der Waals surface area contributed by atoms with E-state index in [1.165, 1.54) is 0 Å². The summed E-state index contributed by atoms with van der Waals surface area (Å²) in [5.74, 6) is 0. The van der Waals surface area contributed by atoms with Gasteiger partial charge in [0.15, 0.2) is 0 Å². The van der Waals surface area contributed by atoms with Crippen LogP contribution in [0.15, 0.2) is 29.1 Å². The van der Waals surface area contributed by atoms with E-state index in [0.717, 1.165) is 36.1 Å². The quantitative estimate of drug-likeness (QED) is 0.871. The van der Waals surface area contributed by atoms with Crippen LogP contribution in [-0.4, -0.2) is 9.78 Å². The minimum atomic E-state index is 0.109. The van der Waals surface area contributed by atoms with Crippen molar-refractivity contribution in [1.29, 1.82) is 0 Å². The van der Waals surface area contributed by atoms with Crippen LogP contribution >= 0.6 is 11.6 Å². The topological polar surface area (TPSA) is 37.8 Å². The van der Waals surface area contributed by atoms with Crippen molar-refractivity contribution in [3.63, 3.8) is 0 Å². The fourth-order valence-corrected chi connectivity index (χ4v) is 2.58. The lowest BCUT2D eigenvalue weighted by Gasteiger charge is -2.04. The molecule has 0 saturated heterocycles. The number of aromatic nitrogens is 2. The molecule has 0 aliphatic heterocycles. The lowest BCUT2D eigenvalue weighted by atomic mass is 10.2. The third kappa shape index (κ3) is 1.80. The fraction of sp³-hybridized carbons (Fsp3) is 0.308. The number of nitrogens with one attached hydrogen (secondary N) is 1. The summed E-state index contributed by atoms with van der Waals surface area (Å²) in [6.45, 7) is 0.519. The van der Waals surface area contributed by atoms with Crippen LogP contribution in [0, 0.1) is 0 Å². The predicted molar refractivity (Wildman–Crippen MR) is 67.6 cm³/mol. The Labute approximate surface area is 104 Å². The Morgan fingerprint density at radius 3 is 2.88 bits per heavy atom. The second kappa shape index (κ2) is 4.08. The van der Waals surface area contributed by atoms with Crippen LogP contribution < -0.4 is 5.56 Å². The summed E-state index contributed by atoms with van der Waals surface area (Å²) in [4.78, 5) is 12.1. The van der Waals surface area contributed by atoms with Gasteiger partial charge in [-0.05, 0) is 30.9 Å². The van der Waals surface area contributed by atoms with Crippen molar-refractivity contribution in [2.45, 2.75) is 25.8 Å². The number of benzene rings is 1. The van der Waals surface area contributed by atoms with Crippen LogP contribution in [-0.2, 0) is 19.4 Å². The lowest BCUT2D eigenvalue weighted by Crippen LogP contribution is -2.19. The van der Waals surface area contributed by atoms with E-state index < -0.39 is 0 Å². The molecule has 3 nitrogen and oxygen atoms in total. The van der Waals surface area contributed by atoms with Gasteiger partial charge in [-0.25, -0.2) is 4.68 Å². The molecule has 0 radical (unpaired) electrons. The van der Waals surface area contributed by atoms with Crippen molar-refractivity contribution in [1.82, 2.24) is 9.78 Å². The molecule has 1 N–H and O–H groups in total. The Morgan fingerprint density at radius 2 is 2.12 bits per heavy atom. The second-order valence-corrected chi connectivity index (χ2v) is 4.81. The first-order valence-electron chi connectivity index (χ1n) is 5.79. The van der Waals surface area contributed by atoms with Gasteiger partial charge in [-0.15, -0.1) is 0 Å². The monoisotopic (exact) mass is 248 g/mol. The molecular weight excluding hydrogens is 236 g/mol. The van der Waals surface area contributed by atoms with E-state index in [1.54, 1.807) is 4.68 Å². The second-order valence-electron chi connectivity index (χ2n) is 4.41. The Kier molecular flexibility index (Phi) is 2.56. The van der Waals surface area contributed by atoms with Crippen molar-refractivity contribution in [3.8, 4) is 0 Å². The SMILES string of the molecule is O=c1c2c([nH]n1Cc1ccccc1Cl)CCC2. The van der Waals surface area contributed by atoms with Crippen LogP contribution in [0.1, 0.15) is 23.2 Å². The molecular formula is C13H13ClN2O. The highest BCUT2D eigenvalue weighted by Gasteiger charge is 2.19. The van der Waals surface area contributed by atoms with E-state index in [0.29, 0.717) is 11.6 Å². The third-order valence-corrected chi connectivity index (χ3v) is 3.65. The van der Waals surface area contributed by atoms with E-state index in [-0.39, 0.29) is 5.56 Å². The number of rotatable bonds is 2. The zero-order valence-electron chi connectivity index (χ0n) is 9.37. The summed E-state index contributed by atoms with van der Waals surface area (Å²) < 4.78 is 1.66. The third-order valence-electron chi connectivity index (χ3n) is 3.28. The lowest BCUT2D eigenvalue weighted by molar-refractivity contribution is 0.642. The predicted octanol–water partition coefficient (Wildman–Crippen LogP) is 2.37. The molecule has 0 unspecified atom stereocenters. The van der Waals surface area contributed by atoms with E-state index in [2.05, 4.69) is 5.10 Å². The van der Waals surface area contributed by atoms with E-state index in [9.17, 15) is 4.79 Å². The van der Waals surface area contributed by atoms with Gasteiger partial charge in [-0.3, -0.25) is 9.89 Å². The highest BCUT2D eigenvalue weighted by Crippen LogP contribution is 2.18. The molecule has 0 atom stereocenters. The Balaban J connectivity index is 1.97. The molecule has 1 aromatic carbocycles. The Morgan fingerprint density at radius 1 is 1.29 bits per heavy atom. The summed E-state index contributed by atoms with van der Waals surface area (Å²) in [6.07, 6.45) is 2.98.